The van der Waals surface area contributed by atoms with Crippen LogP contribution in [0, 0.1) is 18.7 Å². The molecule has 0 aliphatic heterocycles. The summed E-state index contributed by atoms with van der Waals surface area (Å²) in [6.45, 7) is 7.75. The summed E-state index contributed by atoms with van der Waals surface area (Å²) in [7, 11) is 0. The van der Waals surface area contributed by atoms with Gasteiger partial charge in [0.15, 0.2) is 0 Å². The number of hydrogen-bond acceptors (Lipinski definition) is 2. The summed E-state index contributed by atoms with van der Waals surface area (Å²) in [5.41, 5.74) is 1.54. The fraction of sp³-hybridized carbons (Fsp3) is 0.533. The summed E-state index contributed by atoms with van der Waals surface area (Å²) in [6.07, 6.45) is 0.445. The molecule has 0 bridgehead atoms. The second kappa shape index (κ2) is 7.89. The number of carbonyl (C=O) groups is 1. The van der Waals surface area contributed by atoms with Gasteiger partial charge in [0, 0.05) is 26.1 Å². The molecule has 0 atom stereocenters. The van der Waals surface area contributed by atoms with Gasteiger partial charge >= 0.3 is 0 Å². The fourth-order valence-electron chi connectivity index (χ4n) is 1.59. The standard InChI is InChI=1S/C15H23FN2O/c1-11(2)9-18-15(19)6-7-17-10-13-5-4-12(3)14(16)8-13/h4-5,8,11,17H,6-7,9-10H2,1-3H3,(H,18,19). The van der Waals surface area contributed by atoms with Crippen molar-refractivity contribution < 1.29 is 9.18 Å². The van der Waals surface area contributed by atoms with Crippen LogP contribution in [0.3, 0.4) is 0 Å². The summed E-state index contributed by atoms with van der Waals surface area (Å²) in [4.78, 5) is 11.4. The lowest BCUT2D eigenvalue weighted by atomic mass is 10.1. The van der Waals surface area contributed by atoms with Crippen molar-refractivity contribution in [2.45, 2.75) is 33.7 Å². The van der Waals surface area contributed by atoms with Crippen molar-refractivity contribution >= 4 is 5.91 Å². The van der Waals surface area contributed by atoms with Gasteiger partial charge in [0.1, 0.15) is 5.82 Å². The first-order valence-corrected chi connectivity index (χ1v) is 6.71. The zero-order valence-corrected chi connectivity index (χ0v) is 11.9. The molecule has 1 aromatic rings. The zero-order valence-electron chi connectivity index (χ0n) is 11.9. The summed E-state index contributed by atoms with van der Waals surface area (Å²) < 4.78 is 13.3. The van der Waals surface area contributed by atoms with Crippen molar-refractivity contribution in [3.63, 3.8) is 0 Å². The van der Waals surface area contributed by atoms with Crippen molar-refractivity contribution in [2.75, 3.05) is 13.1 Å². The lowest BCUT2D eigenvalue weighted by molar-refractivity contribution is -0.121. The van der Waals surface area contributed by atoms with E-state index >= 15 is 0 Å². The molecule has 4 heteroatoms. The second-order valence-corrected chi connectivity index (χ2v) is 5.21. The van der Waals surface area contributed by atoms with Crippen molar-refractivity contribution in [2.24, 2.45) is 5.92 Å². The molecule has 106 valence electrons. The lowest BCUT2D eigenvalue weighted by Crippen LogP contribution is -2.30. The Bertz CT molecular complexity index is 419. The van der Waals surface area contributed by atoms with Gasteiger partial charge in [-0.05, 0) is 30.0 Å². The molecule has 1 aromatic carbocycles. The van der Waals surface area contributed by atoms with Gasteiger partial charge in [0.25, 0.3) is 0 Å². The summed E-state index contributed by atoms with van der Waals surface area (Å²) >= 11 is 0. The number of carbonyl (C=O) groups excluding carboxylic acids is 1. The minimum Gasteiger partial charge on any atom is -0.356 e. The largest absolute Gasteiger partial charge is 0.356 e. The Labute approximate surface area is 114 Å². The number of rotatable bonds is 7. The molecule has 1 rings (SSSR count). The molecule has 0 aliphatic rings. The molecule has 0 fully saturated rings. The van der Waals surface area contributed by atoms with Gasteiger partial charge in [-0.15, -0.1) is 0 Å². The van der Waals surface area contributed by atoms with E-state index in [0.717, 1.165) is 5.56 Å². The Hall–Kier alpha value is -1.42. The van der Waals surface area contributed by atoms with E-state index in [0.29, 0.717) is 37.5 Å². The normalized spacial score (nSPS) is 10.8. The van der Waals surface area contributed by atoms with Crippen LogP contribution in [0.25, 0.3) is 0 Å². The van der Waals surface area contributed by atoms with E-state index in [1.807, 2.05) is 6.07 Å². The SMILES string of the molecule is Cc1ccc(CNCCC(=O)NCC(C)C)cc1F. The lowest BCUT2D eigenvalue weighted by Gasteiger charge is -2.08. The van der Waals surface area contributed by atoms with Crippen molar-refractivity contribution in [3.05, 3.63) is 35.1 Å². The molecule has 0 radical (unpaired) electrons. The molecule has 3 nitrogen and oxygen atoms in total. The molecule has 19 heavy (non-hydrogen) atoms. The van der Waals surface area contributed by atoms with Crippen LogP contribution in [0.5, 0.6) is 0 Å². The van der Waals surface area contributed by atoms with Crippen LogP contribution in [0.2, 0.25) is 0 Å². The highest BCUT2D eigenvalue weighted by Crippen LogP contribution is 2.08. The number of benzene rings is 1. The molecule has 0 aromatic heterocycles. The van der Waals surface area contributed by atoms with Gasteiger partial charge in [0.05, 0.1) is 0 Å². The molecule has 0 aliphatic carbocycles. The van der Waals surface area contributed by atoms with Crippen LogP contribution in [0.15, 0.2) is 18.2 Å². The van der Waals surface area contributed by atoms with Crippen LogP contribution in [-0.2, 0) is 11.3 Å². The maximum absolute atomic E-state index is 13.3. The van der Waals surface area contributed by atoms with E-state index in [2.05, 4.69) is 24.5 Å². The summed E-state index contributed by atoms with van der Waals surface area (Å²) in [5.74, 6) is 0.331. The Morgan fingerprint density at radius 2 is 2.11 bits per heavy atom. The van der Waals surface area contributed by atoms with Crippen molar-refractivity contribution in [1.82, 2.24) is 10.6 Å². The topological polar surface area (TPSA) is 41.1 Å². The third kappa shape index (κ3) is 6.34. The van der Waals surface area contributed by atoms with E-state index < -0.39 is 0 Å². The average Bonchev–Trinajstić information content (AvgIpc) is 2.36. The van der Waals surface area contributed by atoms with Crippen LogP contribution in [0.1, 0.15) is 31.4 Å². The van der Waals surface area contributed by atoms with Crippen molar-refractivity contribution in [3.8, 4) is 0 Å². The molecular weight excluding hydrogens is 243 g/mol. The number of nitrogens with one attached hydrogen (secondary N) is 2. The Morgan fingerprint density at radius 3 is 2.74 bits per heavy atom. The first kappa shape index (κ1) is 15.6. The highest BCUT2D eigenvalue weighted by molar-refractivity contribution is 5.76. The number of amides is 1. The molecule has 0 unspecified atom stereocenters. The fourth-order valence-corrected chi connectivity index (χ4v) is 1.59. The minimum absolute atomic E-state index is 0.0521. The maximum atomic E-state index is 13.3. The molecule has 0 saturated carbocycles. The van der Waals surface area contributed by atoms with Crippen LogP contribution in [0.4, 0.5) is 4.39 Å². The van der Waals surface area contributed by atoms with E-state index in [1.54, 1.807) is 13.0 Å². The van der Waals surface area contributed by atoms with Gasteiger partial charge < -0.3 is 10.6 Å². The summed E-state index contributed by atoms with van der Waals surface area (Å²) in [5, 5.41) is 6.00. The average molecular weight is 266 g/mol. The van der Waals surface area contributed by atoms with Gasteiger partial charge in [-0.1, -0.05) is 26.0 Å². The summed E-state index contributed by atoms with van der Waals surface area (Å²) in [6, 6.07) is 5.19. The number of halogens is 1. The minimum atomic E-state index is -0.186. The third-order valence-electron chi connectivity index (χ3n) is 2.80. The Morgan fingerprint density at radius 1 is 1.37 bits per heavy atom. The van der Waals surface area contributed by atoms with Crippen molar-refractivity contribution in [1.29, 1.82) is 0 Å². The first-order chi connectivity index (χ1) is 8.99. The second-order valence-electron chi connectivity index (χ2n) is 5.21. The van der Waals surface area contributed by atoms with Gasteiger partial charge in [-0.2, -0.15) is 0 Å². The highest BCUT2D eigenvalue weighted by Gasteiger charge is 2.02. The molecule has 0 heterocycles. The highest BCUT2D eigenvalue weighted by atomic mass is 19.1. The van der Waals surface area contributed by atoms with E-state index in [1.165, 1.54) is 6.07 Å². The molecule has 2 N–H and O–H groups in total. The van der Waals surface area contributed by atoms with Crippen LogP contribution in [-0.4, -0.2) is 19.0 Å². The van der Waals surface area contributed by atoms with E-state index in [-0.39, 0.29) is 11.7 Å². The number of hydrogen-bond donors (Lipinski definition) is 2. The van der Waals surface area contributed by atoms with Crippen LogP contribution < -0.4 is 10.6 Å². The molecular formula is C15H23FN2O. The van der Waals surface area contributed by atoms with Gasteiger partial charge in [-0.3, -0.25) is 4.79 Å². The van der Waals surface area contributed by atoms with Gasteiger partial charge in [0.2, 0.25) is 5.91 Å². The van der Waals surface area contributed by atoms with Gasteiger partial charge in [-0.25, -0.2) is 4.39 Å². The van der Waals surface area contributed by atoms with E-state index in [4.69, 9.17) is 0 Å². The number of aryl methyl sites for hydroxylation is 1. The molecule has 0 spiro atoms. The predicted molar refractivity (Wildman–Crippen MR) is 75.3 cm³/mol. The molecule has 1 amide bonds. The zero-order chi connectivity index (χ0) is 14.3. The first-order valence-electron chi connectivity index (χ1n) is 6.71. The maximum Gasteiger partial charge on any atom is 0.221 e. The Balaban J connectivity index is 2.20. The van der Waals surface area contributed by atoms with E-state index in [9.17, 15) is 9.18 Å². The third-order valence-corrected chi connectivity index (χ3v) is 2.80. The quantitative estimate of drug-likeness (QED) is 0.744. The Kier molecular flexibility index (Phi) is 6.50. The predicted octanol–water partition coefficient (Wildman–Crippen LogP) is 2.39. The smallest absolute Gasteiger partial charge is 0.221 e. The van der Waals surface area contributed by atoms with Crippen LogP contribution >= 0.6 is 0 Å². The monoisotopic (exact) mass is 266 g/mol. The molecule has 0 saturated heterocycles.